The molecule has 0 aliphatic heterocycles. The topological polar surface area (TPSA) is 107 Å². The van der Waals surface area contributed by atoms with E-state index in [-0.39, 0.29) is 5.56 Å². The van der Waals surface area contributed by atoms with Gasteiger partial charge in [-0.25, -0.2) is 0 Å². The van der Waals surface area contributed by atoms with E-state index in [1.54, 1.807) is 6.07 Å². The maximum absolute atomic E-state index is 10.4. The molecule has 0 aromatic heterocycles. The van der Waals surface area contributed by atoms with E-state index in [0.29, 0.717) is 0 Å². The molecule has 0 bridgehead atoms. The summed E-state index contributed by atoms with van der Waals surface area (Å²) in [4.78, 5) is 9.62. The molecule has 2 N–H and O–H groups in total. The molecule has 0 spiro atoms. The number of phenolic OH excluding ortho intramolecular Hbond substituents is 2. The molecule has 1 aromatic rings. The van der Waals surface area contributed by atoms with Crippen LogP contribution in [0.25, 0.3) is 6.08 Å². The summed E-state index contributed by atoms with van der Waals surface area (Å²) in [5.74, 6) is -1.38. The third kappa shape index (κ3) is 2.22. The van der Waals surface area contributed by atoms with Gasteiger partial charge in [0.25, 0.3) is 0 Å². The maximum Gasteiger partial charge on any atom is 0.315 e. The van der Waals surface area contributed by atoms with Crippen LogP contribution >= 0.6 is 0 Å². The lowest BCUT2D eigenvalue weighted by Gasteiger charge is -2.00. The first-order chi connectivity index (χ1) is 7.06. The first-order valence-electron chi connectivity index (χ1n) is 3.82. The number of hydrogen-bond acceptors (Lipinski definition) is 5. The third-order valence-electron chi connectivity index (χ3n) is 1.64. The fraction of sp³-hybridized carbons (Fsp3) is 0. The van der Waals surface area contributed by atoms with Crippen LogP contribution in [0.5, 0.6) is 11.5 Å². The number of allylic oxidation sites excluding steroid dienone is 1. The molecular weight excluding hydrogens is 200 g/mol. The summed E-state index contributed by atoms with van der Waals surface area (Å²) in [6.45, 7) is 0. The zero-order valence-corrected chi connectivity index (χ0v) is 7.41. The normalized spacial score (nSPS) is 10.1. The van der Waals surface area contributed by atoms with E-state index in [0.717, 1.165) is 18.2 Å². The lowest BCUT2D eigenvalue weighted by atomic mass is 10.1. The summed E-state index contributed by atoms with van der Waals surface area (Å²) >= 11 is 0. The van der Waals surface area contributed by atoms with Crippen molar-refractivity contribution in [3.8, 4) is 17.6 Å². The van der Waals surface area contributed by atoms with Gasteiger partial charge in [-0.05, 0) is 17.7 Å². The van der Waals surface area contributed by atoms with Crippen molar-refractivity contribution in [2.24, 2.45) is 0 Å². The number of nitriles is 1. The third-order valence-corrected chi connectivity index (χ3v) is 1.64. The Morgan fingerprint density at radius 1 is 1.47 bits per heavy atom. The molecule has 6 heteroatoms. The van der Waals surface area contributed by atoms with Crippen LogP contribution in [0.1, 0.15) is 5.56 Å². The number of rotatable bonds is 2. The summed E-state index contributed by atoms with van der Waals surface area (Å²) in [6, 6.07) is 3.88. The lowest BCUT2D eigenvalue weighted by Crippen LogP contribution is -1.89. The lowest BCUT2D eigenvalue weighted by molar-refractivity contribution is -0.386. The number of nitro benzene ring substituents is 1. The van der Waals surface area contributed by atoms with Crippen molar-refractivity contribution >= 4 is 11.8 Å². The molecule has 0 radical (unpaired) electrons. The molecule has 0 fully saturated rings. The SMILES string of the molecule is N#CC=Cc1cc(O)c(O)c([N+](=O)[O-])c1. The van der Waals surface area contributed by atoms with Crippen LogP contribution in [0.4, 0.5) is 5.69 Å². The van der Waals surface area contributed by atoms with E-state index in [2.05, 4.69) is 0 Å². The van der Waals surface area contributed by atoms with Crippen molar-refractivity contribution in [1.82, 2.24) is 0 Å². The smallest absolute Gasteiger partial charge is 0.315 e. The number of phenols is 2. The zero-order valence-electron chi connectivity index (χ0n) is 7.41. The Kier molecular flexibility index (Phi) is 2.88. The Bertz CT molecular complexity index is 474. The van der Waals surface area contributed by atoms with E-state index in [9.17, 15) is 10.1 Å². The molecule has 0 heterocycles. The molecular formula is C9H6N2O4. The van der Waals surface area contributed by atoms with Gasteiger partial charge in [0.15, 0.2) is 5.75 Å². The monoisotopic (exact) mass is 206 g/mol. The number of hydrogen-bond donors (Lipinski definition) is 2. The van der Waals surface area contributed by atoms with Gasteiger partial charge in [-0.15, -0.1) is 0 Å². The molecule has 0 aliphatic carbocycles. The average molecular weight is 206 g/mol. The quantitative estimate of drug-likeness (QED) is 0.330. The van der Waals surface area contributed by atoms with E-state index in [4.69, 9.17) is 15.5 Å². The highest BCUT2D eigenvalue weighted by atomic mass is 16.6. The van der Waals surface area contributed by atoms with E-state index in [1.165, 1.54) is 6.08 Å². The predicted molar refractivity (Wildman–Crippen MR) is 51.1 cm³/mol. The first kappa shape index (κ1) is 10.5. The highest BCUT2D eigenvalue weighted by Gasteiger charge is 2.17. The van der Waals surface area contributed by atoms with Gasteiger partial charge in [-0.1, -0.05) is 0 Å². The molecule has 6 nitrogen and oxygen atoms in total. The fourth-order valence-electron chi connectivity index (χ4n) is 0.994. The summed E-state index contributed by atoms with van der Waals surface area (Å²) in [5, 5.41) is 37.0. The van der Waals surface area contributed by atoms with Crippen molar-refractivity contribution in [2.75, 3.05) is 0 Å². The number of benzene rings is 1. The van der Waals surface area contributed by atoms with Gasteiger partial charge in [-0.3, -0.25) is 10.1 Å². The van der Waals surface area contributed by atoms with Gasteiger partial charge < -0.3 is 10.2 Å². The Hall–Kier alpha value is -2.55. The van der Waals surface area contributed by atoms with Gasteiger partial charge in [0.05, 0.1) is 11.0 Å². The van der Waals surface area contributed by atoms with Crippen LogP contribution in [0.15, 0.2) is 18.2 Å². The van der Waals surface area contributed by atoms with Gasteiger partial charge >= 0.3 is 5.69 Å². The van der Waals surface area contributed by atoms with Gasteiger partial charge in [-0.2, -0.15) is 5.26 Å². The predicted octanol–water partition coefficient (Wildman–Crippen LogP) is 1.54. The molecule has 0 unspecified atom stereocenters. The van der Waals surface area contributed by atoms with Crippen molar-refractivity contribution in [3.63, 3.8) is 0 Å². The highest BCUT2D eigenvalue weighted by Crippen LogP contribution is 2.36. The highest BCUT2D eigenvalue weighted by molar-refractivity contribution is 5.64. The molecule has 0 saturated carbocycles. The van der Waals surface area contributed by atoms with Crippen LogP contribution in [0.3, 0.4) is 0 Å². The number of aromatic hydroxyl groups is 2. The van der Waals surface area contributed by atoms with E-state index < -0.39 is 22.1 Å². The second-order valence-corrected chi connectivity index (χ2v) is 2.63. The van der Waals surface area contributed by atoms with E-state index >= 15 is 0 Å². The van der Waals surface area contributed by atoms with E-state index in [1.807, 2.05) is 0 Å². The molecule has 15 heavy (non-hydrogen) atoms. The summed E-state index contributed by atoms with van der Waals surface area (Å²) < 4.78 is 0. The molecule has 1 aromatic carbocycles. The van der Waals surface area contributed by atoms with Crippen LogP contribution < -0.4 is 0 Å². The minimum absolute atomic E-state index is 0.263. The first-order valence-corrected chi connectivity index (χ1v) is 3.82. The standard InChI is InChI=1S/C9H6N2O4/c10-3-1-2-6-4-7(11(14)15)9(13)8(12)5-6/h1-2,4-5,12-13H. The summed E-state index contributed by atoms with van der Waals surface area (Å²) in [6.07, 6.45) is 2.39. The minimum atomic E-state index is -0.821. The van der Waals surface area contributed by atoms with Gasteiger partial charge in [0.2, 0.25) is 5.75 Å². The van der Waals surface area contributed by atoms with Gasteiger partial charge in [0, 0.05) is 12.1 Å². The minimum Gasteiger partial charge on any atom is -0.504 e. The average Bonchev–Trinajstić information content (AvgIpc) is 2.19. The molecule has 0 saturated heterocycles. The molecule has 0 aliphatic rings. The molecule has 0 atom stereocenters. The van der Waals surface area contributed by atoms with Crippen LogP contribution in [0, 0.1) is 21.4 Å². The Balaban J connectivity index is 3.31. The fourth-order valence-corrected chi connectivity index (χ4v) is 0.994. The van der Waals surface area contributed by atoms with Crippen LogP contribution in [0.2, 0.25) is 0 Å². The maximum atomic E-state index is 10.4. The Labute approximate surface area is 84.5 Å². The van der Waals surface area contributed by atoms with Crippen molar-refractivity contribution in [2.45, 2.75) is 0 Å². The second-order valence-electron chi connectivity index (χ2n) is 2.63. The number of nitrogens with zero attached hydrogens (tertiary/aromatic N) is 2. The zero-order chi connectivity index (χ0) is 11.4. The van der Waals surface area contributed by atoms with Crippen molar-refractivity contribution < 1.29 is 15.1 Å². The summed E-state index contributed by atoms with van der Waals surface area (Å²) in [5.41, 5.74) is -0.342. The van der Waals surface area contributed by atoms with Crippen molar-refractivity contribution in [1.29, 1.82) is 5.26 Å². The van der Waals surface area contributed by atoms with Crippen LogP contribution in [-0.4, -0.2) is 15.1 Å². The molecule has 0 amide bonds. The molecule has 76 valence electrons. The largest absolute Gasteiger partial charge is 0.504 e. The Morgan fingerprint density at radius 2 is 2.13 bits per heavy atom. The molecule has 1 rings (SSSR count). The van der Waals surface area contributed by atoms with Crippen LogP contribution in [-0.2, 0) is 0 Å². The van der Waals surface area contributed by atoms with Gasteiger partial charge in [0.1, 0.15) is 0 Å². The number of nitro groups is 1. The Morgan fingerprint density at radius 3 is 2.67 bits per heavy atom. The second kappa shape index (κ2) is 4.11. The van der Waals surface area contributed by atoms with Crippen molar-refractivity contribution in [3.05, 3.63) is 33.9 Å². The summed E-state index contributed by atoms with van der Waals surface area (Å²) in [7, 11) is 0.